The van der Waals surface area contributed by atoms with Crippen molar-refractivity contribution in [1.29, 1.82) is 0 Å². The van der Waals surface area contributed by atoms with E-state index in [9.17, 15) is 9.59 Å². The predicted octanol–water partition coefficient (Wildman–Crippen LogP) is 17.6. The van der Waals surface area contributed by atoms with E-state index in [4.69, 9.17) is 37.9 Å². The lowest BCUT2D eigenvalue weighted by molar-refractivity contribution is -0.173. The van der Waals surface area contributed by atoms with Crippen LogP contribution in [-0.4, -0.2) is 98.4 Å². The summed E-state index contributed by atoms with van der Waals surface area (Å²) >= 11 is 0. The Balaban J connectivity index is 0.797. The van der Waals surface area contributed by atoms with Crippen LogP contribution in [0.5, 0.6) is 0 Å². The first kappa shape index (κ1) is 67.7. The van der Waals surface area contributed by atoms with Crippen molar-refractivity contribution in [3.63, 3.8) is 0 Å². The first-order valence-corrected chi connectivity index (χ1v) is 33.1. The van der Waals surface area contributed by atoms with E-state index < -0.39 is 0 Å². The Bertz CT molecular complexity index is 2130. The second-order valence-electron chi connectivity index (χ2n) is 26.1. The number of hydrogen-bond acceptors (Lipinski definition) is 10. The standard InChI is InChI=1S/C72H114O10/c1-10-11-12-13-14-15-16-17-18-19-22-25-28-32-35-38-41-44-64(74)80-60-50-52-71(55-78-71)68(66(60)76-9)72(62(82-72)48-46-57(4)5)53-58(6)42-39-36-33-30-27-24-21-20-23-26-29-31-34-37-40-43-63(73)79-59-49-51-70(54-77-70)67(65(59)75-8)69(7)61(81-69)47-45-56(2)3/h13-18,20,23,25,28,32,35,45-46,58-62,65-68H,10-12,19,21-22,24,26-27,29-31,33-34,36-44,47-55H2,1-9H3/b14-13+,16-15+,18-17+,23-20-,28-25+,35-32+/t58?,59-,60-,61-,62-,65-,66-,67-,68+,69+,70+,71+,72+/m1/s1. The maximum Gasteiger partial charge on any atom is 0.306 e. The van der Waals surface area contributed by atoms with Gasteiger partial charge in [0.25, 0.3) is 0 Å². The quantitative estimate of drug-likeness (QED) is 0.0192. The fourth-order valence-electron chi connectivity index (χ4n) is 13.8. The van der Waals surface area contributed by atoms with Crippen molar-refractivity contribution in [3.8, 4) is 0 Å². The third-order valence-corrected chi connectivity index (χ3v) is 18.7. The van der Waals surface area contributed by atoms with E-state index in [-0.39, 0.29) is 82.8 Å². The minimum atomic E-state index is -0.345. The molecule has 6 rings (SSSR count). The van der Waals surface area contributed by atoms with Crippen LogP contribution in [0.4, 0.5) is 0 Å². The molecule has 6 fully saturated rings. The van der Waals surface area contributed by atoms with E-state index in [1.807, 2.05) is 0 Å². The summed E-state index contributed by atoms with van der Waals surface area (Å²) in [6.07, 6.45) is 60.7. The molecule has 4 saturated heterocycles. The molecule has 0 amide bonds. The molecule has 82 heavy (non-hydrogen) atoms. The number of unbranched alkanes of at least 4 members (excludes halogenated alkanes) is 15. The van der Waals surface area contributed by atoms with Gasteiger partial charge in [0.1, 0.15) is 46.8 Å². The molecule has 0 aromatic rings. The molecule has 2 aliphatic carbocycles. The normalized spacial score (nSPS) is 31.6. The SMILES string of the molecule is CCCC/C=C/C=C/C=C/CC/C=C/C=C/CCCC(=O)O[C@@H]1CC[C@]2(CO2)[C@@H]([C@@]2(CC(C)CCCCCCCC/C=C\CCCCCCCC(=O)O[C@@H]3CC[C@]4(CO4)[C@@H]([C@@]4(C)O[C@@H]4CC=C(C)C)[C@@H]3OC)O[C@@H]2CC=C(C)C)[C@@H]1OC. The number of esters is 2. The monoisotopic (exact) mass is 1140 g/mol. The number of carbonyl (C=O) groups is 2. The zero-order valence-corrected chi connectivity index (χ0v) is 53.0. The van der Waals surface area contributed by atoms with Crippen LogP contribution in [0.25, 0.3) is 0 Å². The van der Waals surface area contributed by atoms with E-state index in [1.165, 1.54) is 81.8 Å². The molecule has 4 heterocycles. The smallest absolute Gasteiger partial charge is 0.306 e. The van der Waals surface area contributed by atoms with Gasteiger partial charge in [-0.15, -0.1) is 0 Å². The Morgan fingerprint density at radius 2 is 0.988 bits per heavy atom. The molecule has 0 radical (unpaired) electrons. The van der Waals surface area contributed by atoms with Gasteiger partial charge in [0.15, 0.2) is 0 Å². The van der Waals surface area contributed by atoms with Gasteiger partial charge < -0.3 is 37.9 Å². The van der Waals surface area contributed by atoms with Crippen molar-refractivity contribution in [2.45, 2.75) is 300 Å². The van der Waals surface area contributed by atoms with E-state index in [0.29, 0.717) is 18.8 Å². The highest BCUT2D eigenvalue weighted by Crippen LogP contribution is 2.63. The first-order chi connectivity index (χ1) is 39.8. The highest BCUT2D eigenvalue weighted by molar-refractivity contribution is 5.70. The average molecular weight is 1140 g/mol. The second kappa shape index (κ2) is 35.3. The Hall–Kier alpha value is -3.38. The molecule has 2 spiro atoms. The summed E-state index contributed by atoms with van der Waals surface area (Å²) in [5.41, 5.74) is 1.46. The van der Waals surface area contributed by atoms with Crippen molar-refractivity contribution < 1.29 is 47.5 Å². The van der Waals surface area contributed by atoms with Gasteiger partial charge in [-0.25, -0.2) is 0 Å². The summed E-state index contributed by atoms with van der Waals surface area (Å²) < 4.78 is 50.5. The molecule has 4 aliphatic heterocycles. The largest absolute Gasteiger partial charge is 0.460 e. The van der Waals surface area contributed by atoms with Gasteiger partial charge in [-0.1, -0.05) is 181 Å². The molecular formula is C72H114O10. The zero-order chi connectivity index (χ0) is 58.7. The van der Waals surface area contributed by atoms with Crippen LogP contribution in [0.1, 0.15) is 241 Å². The summed E-state index contributed by atoms with van der Waals surface area (Å²) in [4.78, 5) is 26.3. The van der Waals surface area contributed by atoms with Gasteiger partial charge in [-0.3, -0.25) is 9.59 Å². The maximum absolute atomic E-state index is 13.3. The molecule has 2 saturated carbocycles. The van der Waals surface area contributed by atoms with Gasteiger partial charge in [-0.05, 0) is 150 Å². The molecule has 1 unspecified atom stereocenters. The third kappa shape index (κ3) is 21.5. The second-order valence-corrected chi connectivity index (χ2v) is 26.1. The number of carbonyl (C=O) groups excluding carboxylic acids is 2. The molecule has 10 heteroatoms. The van der Waals surface area contributed by atoms with Crippen molar-refractivity contribution in [1.82, 2.24) is 0 Å². The van der Waals surface area contributed by atoms with Crippen LogP contribution in [0, 0.1) is 17.8 Å². The fraction of sp³-hybridized carbons (Fsp3) is 0.750. The Kier molecular flexibility index (Phi) is 29.2. The number of methoxy groups -OCH3 is 2. The van der Waals surface area contributed by atoms with Crippen LogP contribution in [0.2, 0.25) is 0 Å². The Morgan fingerprint density at radius 1 is 0.537 bits per heavy atom. The molecule has 0 bridgehead atoms. The lowest BCUT2D eigenvalue weighted by Crippen LogP contribution is -2.56. The summed E-state index contributed by atoms with van der Waals surface area (Å²) in [6, 6.07) is 0. The molecule has 6 aliphatic rings. The molecule has 0 aromatic heterocycles. The van der Waals surface area contributed by atoms with E-state index in [0.717, 1.165) is 122 Å². The van der Waals surface area contributed by atoms with Gasteiger partial charge >= 0.3 is 11.9 Å². The molecule has 462 valence electrons. The van der Waals surface area contributed by atoms with Crippen molar-refractivity contribution in [2.75, 3.05) is 27.4 Å². The molecule has 10 nitrogen and oxygen atoms in total. The summed E-state index contributed by atoms with van der Waals surface area (Å²) in [6.45, 7) is 16.8. The zero-order valence-electron chi connectivity index (χ0n) is 53.0. The van der Waals surface area contributed by atoms with Crippen molar-refractivity contribution in [2.24, 2.45) is 17.8 Å². The summed E-state index contributed by atoms with van der Waals surface area (Å²) in [5, 5.41) is 0. The number of ether oxygens (including phenoxy) is 8. The number of rotatable bonds is 42. The summed E-state index contributed by atoms with van der Waals surface area (Å²) in [5.74, 6) is 0.336. The highest BCUT2D eigenvalue weighted by Gasteiger charge is 2.74. The lowest BCUT2D eigenvalue weighted by Gasteiger charge is -2.44. The predicted molar refractivity (Wildman–Crippen MR) is 334 cm³/mol. The third-order valence-electron chi connectivity index (χ3n) is 18.7. The lowest BCUT2D eigenvalue weighted by atomic mass is 9.65. The Labute approximate surface area is 498 Å². The van der Waals surface area contributed by atoms with Gasteiger partial charge in [-0.2, -0.15) is 0 Å². The number of allylic oxidation sites excluding steroid dienone is 14. The van der Waals surface area contributed by atoms with Crippen LogP contribution in [0.15, 0.2) is 96.2 Å². The van der Waals surface area contributed by atoms with Crippen LogP contribution >= 0.6 is 0 Å². The first-order valence-electron chi connectivity index (χ1n) is 33.1. The van der Waals surface area contributed by atoms with Crippen LogP contribution in [0.3, 0.4) is 0 Å². The molecule has 13 atom stereocenters. The van der Waals surface area contributed by atoms with Crippen LogP contribution < -0.4 is 0 Å². The minimum Gasteiger partial charge on any atom is -0.460 e. The average Bonchev–Trinajstić information content (AvgIpc) is 1.70. The van der Waals surface area contributed by atoms with Crippen LogP contribution in [-0.2, 0) is 47.5 Å². The molecule has 0 N–H and O–H groups in total. The fourth-order valence-corrected chi connectivity index (χ4v) is 13.8. The molecule has 0 aromatic carbocycles. The number of epoxide rings is 4. The topological polar surface area (TPSA) is 121 Å². The molecular weight excluding hydrogens is 1020 g/mol. The van der Waals surface area contributed by atoms with Crippen molar-refractivity contribution in [3.05, 3.63) is 96.2 Å². The Morgan fingerprint density at radius 3 is 1.52 bits per heavy atom. The van der Waals surface area contributed by atoms with E-state index in [1.54, 1.807) is 14.2 Å². The highest BCUT2D eigenvalue weighted by atomic mass is 16.6. The summed E-state index contributed by atoms with van der Waals surface area (Å²) in [7, 11) is 3.52. The number of hydrogen-bond donors (Lipinski definition) is 0. The van der Waals surface area contributed by atoms with Gasteiger partial charge in [0.2, 0.25) is 0 Å². The van der Waals surface area contributed by atoms with Gasteiger partial charge in [0, 0.05) is 27.1 Å². The van der Waals surface area contributed by atoms with Crippen molar-refractivity contribution >= 4 is 11.9 Å². The maximum atomic E-state index is 13.3. The minimum absolute atomic E-state index is 0.0219. The van der Waals surface area contributed by atoms with E-state index >= 15 is 0 Å². The van der Waals surface area contributed by atoms with E-state index in [2.05, 4.69) is 134 Å². The van der Waals surface area contributed by atoms with Gasteiger partial charge in [0.05, 0.1) is 37.3 Å².